The molecule has 0 aliphatic heterocycles. The predicted molar refractivity (Wildman–Crippen MR) is 98.2 cm³/mol. The second kappa shape index (κ2) is 7.92. The Labute approximate surface area is 160 Å². The number of nitro groups is 1. The van der Waals surface area contributed by atoms with Crippen LogP contribution in [-0.4, -0.2) is 25.4 Å². The Hall–Kier alpha value is -3.66. The van der Waals surface area contributed by atoms with E-state index < -0.39 is 25.6 Å². The van der Waals surface area contributed by atoms with Crippen molar-refractivity contribution in [1.82, 2.24) is 4.98 Å². The fraction of sp³-hybridized carbons (Fsp3) is 0.0556. The van der Waals surface area contributed by atoms with Crippen LogP contribution >= 0.6 is 0 Å². The minimum Gasteiger partial charge on any atom is -0.497 e. The molecule has 0 amide bonds. The third kappa shape index (κ3) is 4.35. The highest BCUT2D eigenvalue weighted by atomic mass is 32.2. The van der Waals surface area contributed by atoms with E-state index in [1.54, 1.807) is 30.5 Å². The van der Waals surface area contributed by atoms with E-state index in [1.165, 1.54) is 31.4 Å². The molecule has 0 unspecified atom stereocenters. The van der Waals surface area contributed by atoms with Gasteiger partial charge in [-0.05, 0) is 30.3 Å². The molecule has 0 radical (unpaired) electrons. The molecule has 0 aliphatic rings. The molecule has 0 bridgehead atoms. The molecule has 0 aliphatic carbocycles. The van der Waals surface area contributed by atoms with Crippen molar-refractivity contribution in [3.63, 3.8) is 0 Å². The second-order valence-corrected chi connectivity index (χ2v) is 6.89. The van der Waals surface area contributed by atoms with E-state index in [9.17, 15) is 18.5 Å². The summed E-state index contributed by atoms with van der Waals surface area (Å²) in [5.74, 6) is 0.680. The number of hydrogen-bond acceptors (Lipinski definition) is 8. The number of rotatable bonds is 7. The third-order valence-electron chi connectivity index (χ3n) is 3.50. The summed E-state index contributed by atoms with van der Waals surface area (Å²) in [5, 5.41) is 11.2. The summed E-state index contributed by atoms with van der Waals surface area (Å²) in [6.07, 6.45) is 1.54. The van der Waals surface area contributed by atoms with Crippen molar-refractivity contribution in [2.24, 2.45) is 0 Å². The fourth-order valence-corrected chi connectivity index (χ4v) is 3.34. The van der Waals surface area contributed by atoms with E-state index in [1.807, 2.05) is 0 Å². The first-order valence-corrected chi connectivity index (χ1v) is 9.26. The predicted octanol–water partition coefficient (Wildman–Crippen LogP) is 3.56. The first-order chi connectivity index (χ1) is 13.4. The van der Waals surface area contributed by atoms with E-state index >= 15 is 0 Å². The summed E-state index contributed by atoms with van der Waals surface area (Å²) < 4.78 is 40.6. The SMILES string of the molecule is COc1ccc(S(=O)(=O)Oc2cccc(Oc3ccccn3)c2)c([N+](=O)[O-])c1. The molecule has 1 aromatic heterocycles. The van der Waals surface area contributed by atoms with Crippen LogP contribution in [0.15, 0.2) is 71.8 Å². The van der Waals surface area contributed by atoms with Gasteiger partial charge in [0.25, 0.3) is 5.69 Å². The van der Waals surface area contributed by atoms with Gasteiger partial charge in [-0.2, -0.15) is 8.42 Å². The van der Waals surface area contributed by atoms with Crippen LogP contribution in [-0.2, 0) is 10.1 Å². The Balaban J connectivity index is 1.89. The van der Waals surface area contributed by atoms with E-state index in [-0.39, 0.29) is 17.2 Å². The molecule has 10 heteroatoms. The number of nitro benzene ring substituents is 1. The fourth-order valence-electron chi connectivity index (χ4n) is 2.27. The minimum absolute atomic E-state index is 0.0708. The highest BCUT2D eigenvalue weighted by Gasteiger charge is 2.28. The molecule has 0 saturated carbocycles. The maximum absolute atomic E-state index is 12.6. The molecule has 0 N–H and O–H groups in total. The van der Waals surface area contributed by atoms with E-state index in [0.717, 1.165) is 12.1 Å². The van der Waals surface area contributed by atoms with Crippen molar-refractivity contribution in [2.75, 3.05) is 7.11 Å². The van der Waals surface area contributed by atoms with Crippen LogP contribution in [0.5, 0.6) is 23.1 Å². The second-order valence-electron chi connectivity index (χ2n) is 5.37. The standard InChI is InChI=1S/C18H14N2O7S/c1-25-13-8-9-17(16(12-13)20(21)22)28(23,24)27-15-6-4-5-14(11-15)26-18-7-2-3-10-19-18/h2-12H,1H3. The topological polar surface area (TPSA) is 118 Å². The Kier molecular flexibility index (Phi) is 5.41. The number of pyridine rings is 1. The molecule has 3 rings (SSSR count). The average molecular weight is 402 g/mol. The lowest BCUT2D eigenvalue weighted by Crippen LogP contribution is -2.12. The molecule has 9 nitrogen and oxygen atoms in total. The number of ether oxygens (including phenoxy) is 2. The minimum atomic E-state index is -4.47. The van der Waals surface area contributed by atoms with Crippen molar-refractivity contribution >= 4 is 15.8 Å². The van der Waals surface area contributed by atoms with E-state index in [2.05, 4.69) is 4.98 Å². The van der Waals surface area contributed by atoms with Crippen molar-refractivity contribution in [3.05, 3.63) is 77.0 Å². The highest BCUT2D eigenvalue weighted by molar-refractivity contribution is 7.87. The normalized spacial score (nSPS) is 10.9. The number of benzene rings is 2. The summed E-state index contributed by atoms with van der Waals surface area (Å²) in [6.45, 7) is 0. The monoisotopic (exact) mass is 402 g/mol. The van der Waals surface area contributed by atoms with Gasteiger partial charge < -0.3 is 13.7 Å². The number of nitrogens with zero attached hydrogens (tertiary/aromatic N) is 2. The van der Waals surface area contributed by atoms with E-state index in [4.69, 9.17) is 13.7 Å². The molecule has 0 fully saturated rings. The van der Waals surface area contributed by atoms with Crippen LogP contribution in [0.25, 0.3) is 0 Å². The Morgan fingerprint density at radius 1 is 0.964 bits per heavy atom. The molecule has 28 heavy (non-hydrogen) atoms. The van der Waals surface area contributed by atoms with Gasteiger partial charge >= 0.3 is 10.1 Å². The lowest BCUT2D eigenvalue weighted by molar-refractivity contribution is -0.388. The van der Waals surface area contributed by atoms with Crippen molar-refractivity contribution in [3.8, 4) is 23.1 Å². The van der Waals surface area contributed by atoms with Crippen molar-refractivity contribution < 1.29 is 27.0 Å². The van der Waals surface area contributed by atoms with Gasteiger partial charge in [0.1, 0.15) is 17.2 Å². The summed E-state index contributed by atoms with van der Waals surface area (Å²) in [6, 6.07) is 14.3. The van der Waals surface area contributed by atoms with Crippen molar-refractivity contribution in [2.45, 2.75) is 4.90 Å². The lowest BCUT2D eigenvalue weighted by atomic mass is 10.3. The Bertz CT molecular complexity index is 1100. The zero-order valence-corrected chi connectivity index (χ0v) is 15.3. The maximum atomic E-state index is 12.6. The summed E-state index contributed by atoms with van der Waals surface area (Å²) in [4.78, 5) is 13.8. The van der Waals surface area contributed by atoms with Crippen LogP contribution < -0.4 is 13.7 Å². The summed E-state index contributed by atoms with van der Waals surface area (Å²) in [7, 11) is -3.16. The van der Waals surface area contributed by atoms with Crippen LogP contribution in [0.1, 0.15) is 0 Å². The zero-order chi connectivity index (χ0) is 20.1. The highest BCUT2D eigenvalue weighted by Crippen LogP contribution is 2.31. The van der Waals surface area contributed by atoms with Crippen LogP contribution in [0, 0.1) is 10.1 Å². The number of aromatic nitrogens is 1. The molecular weight excluding hydrogens is 388 g/mol. The molecular formula is C18H14N2O7S. The molecule has 144 valence electrons. The Morgan fingerprint density at radius 2 is 1.75 bits per heavy atom. The number of methoxy groups -OCH3 is 1. The van der Waals surface area contributed by atoms with Gasteiger partial charge in [-0.1, -0.05) is 12.1 Å². The van der Waals surface area contributed by atoms with Crippen LogP contribution in [0.3, 0.4) is 0 Å². The number of hydrogen-bond donors (Lipinski definition) is 0. The summed E-state index contributed by atoms with van der Waals surface area (Å²) >= 11 is 0. The first-order valence-electron chi connectivity index (χ1n) is 7.85. The van der Waals surface area contributed by atoms with Gasteiger partial charge in [0, 0.05) is 18.3 Å². The Morgan fingerprint density at radius 3 is 2.43 bits per heavy atom. The quantitative estimate of drug-likeness (QED) is 0.334. The third-order valence-corrected chi connectivity index (χ3v) is 4.80. The van der Waals surface area contributed by atoms with Gasteiger partial charge in [0.15, 0.2) is 4.90 Å². The van der Waals surface area contributed by atoms with Crippen LogP contribution in [0.4, 0.5) is 5.69 Å². The van der Waals surface area contributed by atoms with Gasteiger partial charge in [0.2, 0.25) is 5.88 Å². The molecule has 0 spiro atoms. The average Bonchev–Trinajstić information content (AvgIpc) is 2.68. The molecule has 1 heterocycles. The summed E-state index contributed by atoms with van der Waals surface area (Å²) in [5.41, 5.74) is -0.653. The van der Waals surface area contributed by atoms with Crippen LogP contribution in [0.2, 0.25) is 0 Å². The van der Waals surface area contributed by atoms with Gasteiger partial charge in [-0.15, -0.1) is 0 Å². The molecule has 2 aromatic carbocycles. The van der Waals surface area contributed by atoms with Gasteiger partial charge in [0.05, 0.1) is 18.1 Å². The maximum Gasteiger partial charge on any atom is 0.346 e. The van der Waals surface area contributed by atoms with Crippen molar-refractivity contribution in [1.29, 1.82) is 0 Å². The van der Waals surface area contributed by atoms with E-state index in [0.29, 0.717) is 5.88 Å². The largest absolute Gasteiger partial charge is 0.497 e. The molecule has 0 saturated heterocycles. The molecule has 3 aromatic rings. The molecule has 0 atom stereocenters. The smallest absolute Gasteiger partial charge is 0.346 e. The first kappa shape index (κ1) is 19.1. The zero-order valence-electron chi connectivity index (χ0n) is 14.5. The van der Waals surface area contributed by atoms with Gasteiger partial charge in [-0.25, -0.2) is 4.98 Å². The van der Waals surface area contributed by atoms with Gasteiger partial charge in [-0.3, -0.25) is 10.1 Å². The lowest BCUT2D eigenvalue weighted by Gasteiger charge is -2.10.